The molecule has 5 nitrogen and oxygen atoms in total. The van der Waals surface area contributed by atoms with Crippen LogP contribution in [-0.2, 0) is 9.53 Å². The first-order valence-corrected chi connectivity index (χ1v) is 6.80. The van der Waals surface area contributed by atoms with E-state index < -0.39 is 11.9 Å². The van der Waals surface area contributed by atoms with Crippen LogP contribution >= 0.6 is 0 Å². The lowest BCUT2D eigenvalue weighted by molar-refractivity contribution is -0.140. The number of rotatable bonds is 6. The van der Waals surface area contributed by atoms with Crippen molar-refractivity contribution in [2.24, 2.45) is 0 Å². The quantitative estimate of drug-likeness (QED) is 0.606. The van der Waals surface area contributed by atoms with Crippen molar-refractivity contribution < 1.29 is 19.1 Å². The molecule has 1 aromatic carbocycles. The Bertz CT molecular complexity index is 637. The van der Waals surface area contributed by atoms with Gasteiger partial charge in [0.2, 0.25) is 0 Å². The first kappa shape index (κ1) is 15.7. The van der Waals surface area contributed by atoms with Crippen LogP contribution in [-0.4, -0.2) is 31.0 Å². The summed E-state index contributed by atoms with van der Waals surface area (Å²) in [4.78, 5) is 28.3. The summed E-state index contributed by atoms with van der Waals surface area (Å²) in [6.07, 6.45) is 3.19. The molecule has 0 saturated heterocycles. The van der Waals surface area contributed by atoms with Gasteiger partial charge in [0.05, 0.1) is 26.6 Å². The number of ether oxygens (including phenoxy) is 2. The summed E-state index contributed by atoms with van der Waals surface area (Å²) in [6, 6.07) is 10.3. The first-order valence-electron chi connectivity index (χ1n) is 6.80. The zero-order valence-corrected chi connectivity index (χ0v) is 12.5. The summed E-state index contributed by atoms with van der Waals surface area (Å²) in [7, 11) is 2.87. The van der Waals surface area contributed by atoms with Gasteiger partial charge in [0.1, 0.15) is 5.75 Å². The lowest BCUT2D eigenvalue weighted by Gasteiger charge is -2.15. The number of methoxy groups -OCH3 is 2. The number of aromatic nitrogens is 1. The summed E-state index contributed by atoms with van der Waals surface area (Å²) >= 11 is 0. The summed E-state index contributed by atoms with van der Waals surface area (Å²) in [5.41, 5.74) is 1.26. The third-order valence-corrected chi connectivity index (χ3v) is 3.40. The molecule has 2 aromatic rings. The molecule has 5 heteroatoms. The maximum absolute atomic E-state index is 12.7. The normalized spacial score (nSPS) is 11.5. The average Bonchev–Trinajstić information content (AvgIpc) is 2.59. The largest absolute Gasteiger partial charge is 0.497 e. The van der Waals surface area contributed by atoms with Crippen molar-refractivity contribution >= 4 is 11.8 Å². The molecule has 0 aliphatic heterocycles. The van der Waals surface area contributed by atoms with Gasteiger partial charge in [-0.1, -0.05) is 0 Å². The van der Waals surface area contributed by atoms with Gasteiger partial charge in [0, 0.05) is 18.0 Å². The molecule has 22 heavy (non-hydrogen) atoms. The fourth-order valence-corrected chi connectivity index (χ4v) is 2.16. The lowest BCUT2D eigenvalue weighted by atomic mass is 9.88. The van der Waals surface area contributed by atoms with E-state index >= 15 is 0 Å². The van der Waals surface area contributed by atoms with E-state index in [-0.39, 0.29) is 12.2 Å². The zero-order chi connectivity index (χ0) is 15.9. The predicted molar refractivity (Wildman–Crippen MR) is 80.9 cm³/mol. The minimum absolute atomic E-state index is 0.00856. The van der Waals surface area contributed by atoms with Crippen LogP contribution in [0, 0.1) is 0 Å². The van der Waals surface area contributed by atoms with Crippen molar-refractivity contribution in [3.05, 3.63) is 59.9 Å². The second-order valence-electron chi connectivity index (χ2n) is 4.71. The van der Waals surface area contributed by atoms with Crippen molar-refractivity contribution in [3.63, 3.8) is 0 Å². The van der Waals surface area contributed by atoms with E-state index in [9.17, 15) is 9.59 Å². The van der Waals surface area contributed by atoms with Gasteiger partial charge in [0.15, 0.2) is 5.78 Å². The third-order valence-electron chi connectivity index (χ3n) is 3.40. The van der Waals surface area contributed by atoms with Gasteiger partial charge in [-0.3, -0.25) is 14.6 Å². The standard InChI is InChI=1S/C17H17NO4/c1-21-14-5-3-13(4-6-14)17(20)15(11-16(19)22-2)12-7-9-18-10-8-12/h3-10,15H,11H2,1-2H3. The Morgan fingerprint density at radius 2 is 1.68 bits per heavy atom. The van der Waals surface area contributed by atoms with Gasteiger partial charge in [-0.2, -0.15) is 0 Å². The van der Waals surface area contributed by atoms with E-state index in [4.69, 9.17) is 9.47 Å². The van der Waals surface area contributed by atoms with Crippen LogP contribution < -0.4 is 4.74 Å². The van der Waals surface area contributed by atoms with Crippen molar-refractivity contribution in [2.75, 3.05) is 14.2 Å². The number of carbonyl (C=O) groups is 2. The number of benzene rings is 1. The lowest BCUT2D eigenvalue weighted by Crippen LogP contribution is -2.18. The van der Waals surface area contributed by atoms with E-state index in [1.807, 2.05) is 0 Å². The highest BCUT2D eigenvalue weighted by molar-refractivity contribution is 6.02. The van der Waals surface area contributed by atoms with Crippen LogP contribution in [0.3, 0.4) is 0 Å². The predicted octanol–water partition coefficient (Wildman–Crippen LogP) is 2.62. The Morgan fingerprint density at radius 3 is 2.23 bits per heavy atom. The molecule has 0 fully saturated rings. The molecular weight excluding hydrogens is 282 g/mol. The van der Waals surface area contributed by atoms with E-state index in [1.54, 1.807) is 55.9 Å². The molecule has 0 radical (unpaired) electrons. The van der Waals surface area contributed by atoms with Crippen LogP contribution in [0.1, 0.15) is 28.3 Å². The Labute approximate surface area is 128 Å². The highest BCUT2D eigenvalue weighted by Crippen LogP contribution is 2.25. The molecule has 1 aromatic heterocycles. The fraction of sp³-hybridized carbons (Fsp3) is 0.235. The summed E-state index contributed by atoms with van der Waals surface area (Å²) in [5, 5.41) is 0. The molecule has 0 saturated carbocycles. The second kappa shape index (κ2) is 7.36. The molecule has 114 valence electrons. The van der Waals surface area contributed by atoms with Crippen LogP contribution in [0.15, 0.2) is 48.8 Å². The van der Waals surface area contributed by atoms with Gasteiger partial charge < -0.3 is 9.47 Å². The Morgan fingerprint density at radius 1 is 1.05 bits per heavy atom. The average molecular weight is 299 g/mol. The molecule has 0 N–H and O–H groups in total. The molecule has 0 aliphatic rings. The van der Waals surface area contributed by atoms with E-state index in [2.05, 4.69) is 4.98 Å². The number of hydrogen-bond acceptors (Lipinski definition) is 5. The summed E-state index contributed by atoms with van der Waals surface area (Å²) < 4.78 is 9.78. The number of esters is 1. The van der Waals surface area contributed by atoms with Crippen molar-refractivity contribution in [3.8, 4) is 5.75 Å². The molecule has 0 aliphatic carbocycles. The van der Waals surface area contributed by atoms with Crippen LogP contribution in [0.4, 0.5) is 0 Å². The van der Waals surface area contributed by atoms with Gasteiger partial charge in [-0.25, -0.2) is 0 Å². The van der Waals surface area contributed by atoms with Crippen LogP contribution in [0.5, 0.6) is 5.75 Å². The highest BCUT2D eigenvalue weighted by Gasteiger charge is 2.25. The van der Waals surface area contributed by atoms with Gasteiger partial charge in [-0.15, -0.1) is 0 Å². The number of nitrogens with zero attached hydrogens (tertiary/aromatic N) is 1. The second-order valence-corrected chi connectivity index (χ2v) is 4.71. The maximum Gasteiger partial charge on any atom is 0.306 e. The molecule has 2 rings (SSSR count). The molecule has 0 amide bonds. The summed E-state index contributed by atoms with van der Waals surface area (Å²) in [6.45, 7) is 0. The van der Waals surface area contributed by atoms with Gasteiger partial charge in [-0.05, 0) is 42.0 Å². The number of carbonyl (C=O) groups excluding carboxylic acids is 2. The SMILES string of the molecule is COC(=O)CC(C(=O)c1ccc(OC)cc1)c1ccncc1. The molecule has 0 bridgehead atoms. The molecule has 1 unspecified atom stereocenters. The molecule has 1 heterocycles. The summed E-state index contributed by atoms with van der Waals surface area (Å²) in [5.74, 6) is -0.489. The Balaban J connectivity index is 2.30. The van der Waals surface area contributed by atoms with E-state index in [0.29, 0.717) is 11.3 Å². The van der Waals surface area contributed by atoms with Gasteiger partial charge in [0.25, 0.3) is 0 Å². The minimum Gasteiger partial charge on any atom is -0.497 e. The topological polar surface area (TPSA) is 65.5 Å². The molecular formula is C17H17NO4. The van der Waals surface area contributed by atoms with E-state index in [0.717, 1.165) is 5.56 Å². The third kappa shape index (κ3) is 3.69. The molecule has 1 atom stereocenters. The van der Waals surface area contributed by atoms with Crippen LogP contribution in [0.25, 0.3) is 0 Å². The zero-order valence-electron chi connectivity index (χ0n) is 12.5. The number of hydrogen-bond donors (Lipinski definition) is 0. The van der Waals surface area contributed by atoms with Crippen LogP contribution in [0.2, 0.25) is 0 Å². The van der Waals surface area contributed by atoms with Crippen molar-refractivity contribution in [1.29, 1.82) is 0 Å². The molecule has 0 spiro atoms. The monoisotopic (exact) mass is 299 g/mol. The van der Waals surface area contributed by atoms with Crippen molar-refractivity contribution in [1.82, 2.24) is 4.98 Å². The van der Waals surface area contributed by atoms with Crippen molar-refractivity contribution in [2.45, 2.75) is 12.3 Å². The highest BCUT2D eigenvalue weighted by atomic mass is 16.5. The number of ketones is 1. The Hall–Kier alpha value is -2.69. The number of Topliss-reactive ketones (excluding diaryl/α,β-unsaturated/α-hetero) is 1. The van der Waals surface area contributed by atoms with Gasteiger partial charge >= 0.3 is 5.97 Å². The minimum atomic E-state index is -0.594. The fourth-order valence-electron chi connectivity index (χ4n) is 2.16. The Kier molecular flexibility index (Phi) is 5.25. The van der Waals surface area contributed by atoms with E-state index in [1.165, 1.54) is 7.11 Å². The first-order chi connectivity index (χ1) is 10.7. The maximum atomic E-state index is 12.7. The smallest absolute Gasteiger partial charge is 0.306 e. The number of pyridine rings is 1.